The van der Waals surface area contributed by atoms with Crippen molar-refractivity contribution >= 4 is 36.4 Å². The maximum absolute atomic E-state index is 13.5. The Kier molecular flexibility index (Phi) is 6.26. The molecule has 0 spiro atoms. The van der Waals surface area contributed by atoms with Crippen LogP contribution in [-0.2, 0) is 11.3 Å². The molecule has 2 atom stereocenters. The van der Waals surface area contributed by atoms with Crippen LogP contribution in [0.1, 0.15) is 18.0 Å². The lowest BCUT2D eigenvalue weighted by Crippen LogP contribution is -2.45. The number of hydrogen-bond acceptors (Lipinski definition) is 5. The number of carbonyl (C=O) groups excluding carboxylic acids is 1. The topological polar surface area (TPSA) is 81.4 Å². The minimum Gasteiger partial charge on any atom is -0.482 e. The highest BCUT2D eigenvalue weighted by Crippen LogP contribution is 2.35. The summed E-state index contributed by atoms with van der Waals surface area (Å²) in [6.45, 7) is 2.68. The van der Waals surface area contributed by atoms with E-state index < -0.39 is 0 Å². The van der Waals surface area contributed by atoms with Crippen LogP contribution in [0.15, 0.2) is 47.5 Å². The van der Waals surface area contributed by atoms with Crippen LogP contribution in [0.2, 0.25) is 0 Å². The number of likely N-dealkylation sites (N-methyl/N-ethyl adjacent to an activating group) is 1. The van der Waals surface area contributed by atoms with Gasteiger partial charge in [-0.1, -0.05) is 0 Å². The molecule has 2 aromatic heterocycles. The highest BCUT2D eigenvalue weighted by atomic mass is 35.5. The summed E-state index contributed by atoms with van der Waals surface area (Å²) in [5, 5.41) is 3.48. The number of pyridine rings is 1. The van der Waals surface area contributed by atoms with Gasteiger partial charge in [-0.15, -0.1) is 24.8 Å². The first-order valence-electron chi connectivity index (χ1n) is 10.6. The van der Waals surface area contributed by atoms with E-state index in [-0.39, 0.29) is 42.9 Å². The average Bonchev–Trinajstić information content (AvgIpc) is 3.27. The number of imidazole rings is 1. The number of fused-ring (bicyclic) bond motifs is 5. The molecule has 3 aromatic rings. The smallest absolute Gasteiger partial charge is 0.264 e. The predicted octanol–water partition coefficient (Wildman–Crippen LogP) is 2.61. The molecular formula is C23H25Cl2N5O3. The molecule has 0 radical (unpaired) electrons. The van der Waals surface area contributed by atoms with Gasteiger partial charge in [0.05, 0.1) is 11.3 Å². The lowest BCUT2D eigenvalue weighted by Gasteiger charge is -2.37. The predicted molar refractivity (Wildman–Crippen MR) is 130 cm³/mol. The van der Waals surface area contributed by atoms with E-state index in [0.29, 0.717) is 34.7 Å². The normalized spacial score (nSPS) is 20.6. The fourth-order valence-electron chi connectivity index (χ4n) is 5.08. The fraction of sp³-hybridized carbons (Fsp3) is 0.348. The first-order chi connectivity index (χ1) is 15.1. The minimum atomic E-state index is -0.0940. The van der Waals surface area contributed by atoms with Gasteiger partial charge in [0.2, 0.25) is 0 Å². The number of benzene rings is 1. The molecule has 3 aliphatic heterocycles. The number of piperidine rings is 1. The number of anilines is 1. The van der Waals surface area contributed by atoms with Crippen LogP contribution in [0.25, 0.3) is 17.1 Å². The van der Waals surface area contributed by atoms with E-state index in [9.17, 15) is 9.59 Å². The molecule has 174 valence electrons. The highest BCUT2D eigenvalue weighted by molar-refractivity contribution is 5.97. The van der Waals surface area contributed by atoms with E-state index in [0.717, 1.165) is 37.4 Å². The number of rotatable bonds is 2. The van der Waals surface area contributed by atoms with Gasteiger partial charge in [-0.05, 0) is 49.2 Å². The van der Waals surface area contributed by atoms with Crippen LogP contribution >= 0.6 is 24.8 Å². The second-order valence-corrected chi connectivity index (χ2v) is 8.56. The van der Waals surface area contributed by atoms with Gasteiger partial charge in [0, 0.05) is 49.8 Å². The lowest BCUT2D eigenvalue weighted by molar-refractivity contribution is -0.120. The van der Waals surface area contributed by atoms with Crippen molar-refractivity contribution in [1.82, 2.24) is 19.4 Å². The molecular weight excluding hydrogens is 465 g/mol. The van der Waals surface area contributed by atoms with Crippen LogP contribution in [0.4, 0.5) is 5.69 Å². The Hall–Kier alpha value is -2.81. The fourth-order valence-corrected chi connectivity index (χ4v) is 5.08. The molecule has 2 bridgehead atoms. The second-order valence-electron chi connectivity index (χ2n) is 8.56. The Bertz CT molecular complexity index is 1270. The molecule has 1 aromatic carbocycles. The highest BCUT2D eigenvalue weighted by Gasteiger charge is 2.32. The summed E-state index contributed by atoms with van der Waals surface area (Å²) in [7, 11) is 1.74. The molecule has 8 nitrogen and oxygen atoms in total. The monoisotopic (exact) mass is 489 g/mol. The first kappa shape index (κ1) is 23.4. The van der Waals surface area contributed by atoms with E-state index in [4.69, 9.17) is 4.74 Å². The standard InChI is InChI=1S/C23H23N5O3.2ClH/c1-26-19-9-16(2-5-20(19)31-13-21(26)29)27-7-6-25-22(27)17-3-4-18-15-8-14(10-24-11-15)12-28(18)23(17)30;;/h2-7,9,14-15,24H,8,10-13H2,1H3;2*1H/t14-,15+;;/m0../s1. The lowest BCUT2D eigenvalue weighted by atomic mass is 9.84. The van der Waals surface area contributed by atoms with Crippen LogP contribution < -0.4 is 20.5 Å². The molecule has 1 fully saturated rings. The van der Waals surface area contributed by atoms with Crippen molar-refractivity contribution in [3.05, 3.63) is 58.8 Å². The van der Waals surface area contributed by atoms with Gasteiger partial charge >= 0.3 is 0 Å². The third kappa shape index (κ3) is 3.72. The summed E-state index contributed by atoms with van der Waals surface area (Å²) in [5.41, 5.74) is 3.23. The molecule has 0 unspecified atom stereocenters. The van der Waals surface area contributed by atoms with Crippen molar-refractivity contribution in [2.75, 3.05) is 31.6 Å². The molecule has 33 heavy (non-hydrogen) atoms. The minimum absolute atomic E-state index is 0. The molecule has 0 saturated carbocycles. The number of hydrogen-bond donors (Lipinski definition) is 1. The molecule has 1 N–H and O–H groups in total. The molecule has 1 amide bonds. The van der Waals surface area contributed by atoms with Crippen molar-refractivity contribution in [3.63, 3.8) is 0 Å². The summed E-state index contributed by atoms with van der Waals surface area (Å²) in [5.74, 6) is 2.06. The Morgan fingerprint density at radius 2 is 1.97 bits per heavy atom. The third-order valence-corrected chi connectivity index (χ3v) is 6.70. The zero-order valence-corrected chi connectivity index (χ0v) is 19.7. The Morgan fingerprint density at radius 1 is 1.12 bits per heavy atom. The number of nitrogens with one attached hydrogen (secondary N) is 1. The van der Waals surface area contributed by atoms with Gasteiger partial charge in [-0.3, -0.25) is 14.2 Å². The zero-order chi connectivity index (χ0) is 21.1. The summed E-state index contributed by atoms with van der Waals surface area (Å²) < 4.78 is 9.37. The van der Waals surface area contributed by atoms with Crippen LogP contribution in [0.3, 0.4) is 0 Å². The maximum atomic E-state index is 13.5. The molecule has 3 aliphatic rings. The van der Waals surface area contributed by atoms with Crippen molar-refractivity contribution in [2.24, 2.45) is 5.92 Å². The van der Waals surface area contributed by atoms with E-state index in [1.165, 1.54) is 0 Å². The van der Waals surface area contributed by atoms with E-state index >= 15 is 0 Å². The van der Waals surface area contributed by atoms with Crippen molar-refractivity contribution in [1.29, 1.82) is 0 Å². The van der Waals surface area contributed by atoms with E-state index in [2.05, 4.69) is 16.4 Å². The maximum Gasteiger partial charge on any atom is 0.264 e. The van der Waals surface area contributed by atoms with E-state index in [1.807, 2.05) is 39.6 Å². The van der Waals surface area contributed by atoms with Crippen molar-refractivity contribution < 1.29 is 9.53 Å². The summed E-state index contributed by atoms with van der Waals surface area (Å²) in [4.78, 5) is 31.6. The van der Waals surface area contributed by atoms with Gasteiger partial charge in [0.1, 0.15) is 11.6 Å². The Labute approximate surface area is 203 Å². The Morgan fingerprint density at radius 3 is 2.82 bits per heavy atom. The van der Waals surface area contributed by atoms with Crippen LogP contribution in [0, 0.1) is 5.92 Å². The van der Waals surface area contributed by atoms with Crippen LogP contribution in [-0.4, -0.2) is 46.8 Å². The second kappa shape index (κ2) is 8.85. The summed E-state index contributed by atoms with van der Waals surface area (Å²) in [6, 6.07) is 9.64. The van der Waals surface area contributed by atoms with Gasteiger partial charge in [-0.2, -0.15) is 0 Å². The summed E-state index contributed by atoms with van der Waals surface area (Å²) >= 11 is 0. The van der Waals surface area contributed by atoms with Crippen LogP contribution in [0.5, 0.6) is 5.75 Å². The summed E-state index contributed by atoms with van der Waals surface area (Å²) in [6.07, 6.45) is 4.68. The average molecular weight is 490 g/mol. The Balaban J connectivity index is 0.00000130. The van der Waals surface area contributed by atoms with Gasteiger partial charge < -0.3 is 19.5 Å². The number of ether oxygens (including phenoxy) is 1. The van der Waals surface area contributed by atoms with Crippen molar-refractivity contribution in [2.45, 2.75) is 18.9 Å². The van der Waals surface area contributed by atoms with Gasteiger partial charge in [0.15, 0.2) is 6.61 Å². The van der Waals surface area contributed by atoms with Gasteiger partial charge in [-0.25, -0.2) is 4.98 Å². The van der Waals surface area contributed by atoms with Gasteiger partial charge in [0.25, 0.3) is 11.5 Å². The molecule has 6 rings (SSSR count). The molecule has 1 saturated heterocycles. The number of halogens is 2. The largest absolute Gasteiger partial charge is 0.482 e. The number of amides is 1. The number of aromatic nitrogens is 3. The van der Waals surface area contributed by atoms with E-state index in [1.54, 1.807) is 18.1 Å². The SMILES string of the molecule is CN1C(=O)COc2ccc(-n3ccnc3-c3ccc4n(c3=O)C[C@@H]3CNC[C@H]4C3)cc21.Cl.Cl. The number of carbonyl (C=O) groups is 1. The molecule has 10 heteroatoms. The quantitative estimate of drug-likeness (QED) is 0.598. The zero-order valence-electron chi connectivity index (χ0n) is 18.1. The van der Waals surface area contributed by atoms with Crippen molar-refractivity contribution in [3.8, 4) is 22.8 Å². The number of nitrogens with zero attached hydrogens (tertiary/aromatic N) is 4. The third-order valence-electron chi connectivity index (χ3n) is 6.70. The molecule has 5 heterocycles. The molecule has 0 aliphatic carbocycles. The first-order valence-corrected chi connectivity index (χ1v) is 10.6.